The molecule has 1 atom stereocenters. The van der Waals surface area contributed by atoms with E-state index < -0.39 is 0 Å². The Morgan fingerprint density at radius 1 is 1.54 bits per heavy atom. The van der Waals surface area contributed by atoms with Crippen molar-refractivity contribution in [2.45, 2.75) is 24.3 Å². The van der Waals surface area contributed by atoms with Crippen molar-refractivity contribution in [3.63, 3.8) is 0 Å². The van der Waals surface area contributed by atoms with Gasteiger partial charge in [-0.1, -0.05) is 12.1 Å². The Hall–Kier alpha value is -0.670. The third-order valence-electron chi connectivity index (χ3n) is 2.44. The van der Waals surface area contributed by atoms with Gasteiger partial charge in [0.05, 0.1) is 4.90 Å². The van der Waals surface area contributed by atoms with Crippen molar-refractivity contribution in [1.82, 2.24) is 0 Å². The summed E-state index contributed by atoms with van der Waals surface area (Å²) in [6.07, 6.45) is 1.00. The van der Waals surface area contributed by atoms with E-state index in [0.29, 0.717) is 5.75 Å². The minimum Gasteiger partial charge on any atom is -0.506 e. The number of phenolic OH excluding ortho intramolecular Hbond substituents is 1. The molecule has 2 nitrogen and oxygen atoms in total. The van der Waals surface area contributed by atoms with Crippen molar-refractivity contribution < 1.29 is 5.11 Å². The molecule has 0 spiro atoms. The molecule has 70 valence electrons. The number of nitrogens with two attached hydrogens (primary N) is 1. The Kier molecular flexibility index (Phi) is 2.22. The predicted molar refractivity (Wildman–Crippen MR) is 55.1 cm³/mol. The molecule has 3 heteroatoms. The highest BCUT2D eigenvalue weighted by molar-refractivity contribution is 7.99. The summed E-state index contributed by atoms with van der Waals surface area (Å²) >= 11 is 1.70. The van der Waals surface area contributed by atoms with Crippen LogP contribution in [0.3, 0.4) is 0 Å². The maximum atomic E-state index is 9.78. The lowest BCUT2D eigenvalue weighted by atomic mass is 10.0. The zero-order valence-electron chi connectivity index (χ0n) is 7.58. The van der Waals surface area contributed by atoms with Gasteiger partial charge in [-0.25, -0.2) is 0 Å². The predicted octanol–water partition coefficient (Wildman–Crippen LogP) is 2.20. The number of thioether (sulfide) groups is 1. The molecule has 3 N–H and O–H groups in total. The number of hydrogen-bond donors (Lipinski definition) is 2. The van der Waals surface area contributed by atoms with E-state index >= 15 is 0 Å². The third kappa shape index (κ3) is 1.42. The molecule has 1 aromatic rings. The average Bonchev–Trinajstić information content (AvgIpc) is 2.12. The van der Waals surface area contributed by atoms with E-state index in [0.717, 1.165) is 28.2 Å². The Morgan fingerprint density at radius 3 is 3.08 bits per heavy atom. The summed E-state index contributed by atoms with van der Waals surface area (Å²) in [5.41, 5.74) is 7.97. The first-order valence-electron chi connectivity index (χ1n) is 4.41. The zero-order valence-corrected chi connectivity index (χ0v) is 8.40. The second-order valence-electron chi connectivity index (χ2n) is 3.39. The van der Waals surface area contributed by atoms with Gasteiger partial charge >= 0.3 is 0 Å². The standard InChI is InChI=1S/C10H13NOS/c1-6-2-3-7-8(11)4-5-13-10(7)9(6)12/h2-3,8,12H,4-5,11H2,1H3/t8-/m1/s1. The lowest BCUT2D eigenvalue weighted by Gasteiger charge is -2.22. The summed E-state index contributed by atoms with van der Waals surface area (Å²) in [7, 11) is 0. The van der Waals surface area contributed by atoms with E-state index in [4.69, 9.17) is 5.73 Å². The van der Waals surface area contributed by atoms with E-state index in [1.54, 1.807) is 11.8 Å². The van der Waals surface area contributed by atoms with Gasteiger partial charge in [-0.2, -0.15) is 0 Å². The monoisotopic (exact) mass is 195 g/mol. The average molecular weight is 195 g/mol. The van der Waals surface area contributed by atoms with Crippen LogP contribution in [0.4, 0.5) is 0 Å². The van der Waals surface area contributed by atoms with Crippen molar-refractivity contribution >= 4 is 11.8 Å². The van der Waals surface area contributed by atoms with E-state index in [1.807, 2.05) is 19.1 Å². The van der Waals surface area contributed by atoms with Crippen LogP contribution < -0.4 is 5.73 Å². The van der Waals surface area contributed by atoms with Gasteiger partial charge in [-0.15, -0.1) is 11.8 Å². The molecular weight excluding hydrogens is 182 g/mol. The number of rotatable bonds is 0. The van der Waals surface area contributed by atoms with E-state index in [2.05, 4.69) is 0 Å². The van der Waals surface area contributed by atoms with Gasteiger partial charge < -0.3 is 10.8 Å². The fraction of sp³-hybridized carbons (Fsp3) is 0.400. The van der Waals surface area contributed by atoms with E-state index in [9.17, 15) is 5.11 Å². The first kappa shape index (κ1) is 8.91. The van der Waals surface area contributed by atoms with Gasteiger partial charge in [-0.05, 0) is 30.2 Å². The van der Waals surface area contributed by atoms with Crippen LogP contribution in [0.5, 0.6) is 5.75 Å². The maximum absolute atomic E-state index is 9.78. The van der Waals surface area contributed by atoms with Gasteiger partial charge in [0.2, 0.25) is 0 Å². The van der Waals surface area contributed by atoms with Crippen LogP contribution in [0, 0.1) is 6.92 Å². The highest BCUT2D eigenvalue weighted by atomic mass is 32.2. The molecule has 2 rings (SSSR count). The molecule has 0 fully saturated rings. The van der Waals surface area contributed by atoms with Crippen molar-refractivity contribution in [2.75, 3.05) is 5.75 Å². The molecule has 0 aromatic heterocycles. The number of benzene rings is 1. The van der Waals surface area contributed by atoms with Gasteiger partial charge in [0.1, 0.15) is 5.75 Å². The fourth-order valence-corrected chi connectivity index (χ4v) is 2.83. The van der Waals surface area contributed by atoms with Crippen LogP contribution >= 0.6 is 11.8 Å². The van der Waals surface area contributed by atoms with Crippen molar-refractivity contribution in [3.05, 3.63) is 23.3 Å². The molecule has 0 unspecified atom stereocenters. The van der Waals surface area contributed by atoms with E-state index in [-0.39, 0.29) is 6.04 Å². The Labute approximate surface area is 82.1 Å². The molecule has 0 bridgehead atoms. The number of aryl methyl sites for hydroxylation is 1. The van der Waals surface area contributed by atoms with Crippen molar-refractivity contribution in [1.29, 1.82) is 0 Å². The van der Waals surface area contributed by atoms with Gasteiger partial charge in [0.15, 0.2) is 0 Å². The Bertz CT molecular complexity index is 338. The molecule has 13 heavy (non-hydrogen) atoms. The first-order valence-corrected chi connectivity index (χ1v) is 5.39. The minimum absolute atomic E-state index is 0.0998. The van der Waals surface area contributed by atoms with Crippen LogP contribution in [0.2, 0.25) is 0 Å². The quantitative estimate of drug-likeness (QED) is 0.667. The molecule has 0 saturated heterocycles. The van der Waals surface area contributed by atoms with Crippen LogP contribution in [0.25, 0.3) is 0 Å². The number of hydrogen-bond acceptors (Lipinski definition) is 3. The molecule has 0 radical (unpaired) electrons. The molecular formula is C10H13NOS. The third-order valence-corrected chi connectivity index (χ3v) is 3.60. The minimum atomic E-state index is 0.0998. The molecule has 1 heterocycles. The summed E-state index contributed by atoms with van der Waals surface area (Å²) in [4.78, 5) is 0.985. The molecule has 1 aliphatic heterocycles. The largest absolute Gasteiger partial charge is 0.506 e. The van der Waals surface area contributed by atoms with Gasteiger partial charge in [0.25, 0.3) is 0 Å². The lowest BCUT2D eigenvalue weighted by molar-refractivity contribution is 0.453. The molecule has 1 aliphatic rings. The lowest BCUT2D eigenvalue weighted by Crippen LogP contribution is -2.15. The Morgan fingerprint density at radius 2 is 2.31 bits per heavy atom. The first-order chi connectivity index (χ1) is 6.20. The number of aromatic hydroxyl groups is 1. The van der Waals surface area contributed by atoms with Crippen LogP contribution in [0.15, 0.2) is 17.0 Å². The van der Waals surface area contributed by atoms with E-state index in [1.165, 1.54) is 0 Å². The second-order valence-corrected chi connectivity index (χ2v) is 4.50. The van der Waals surface area contributed by atoms with Crippen molar-refractivity contribution in [2.24, 2.45) is 5.73 Å². The summed E-state index contributed by atoms with van der Waals surface area (Å²) < 4.78 is 0. The summed E-state index contributed by atoms with van der Waals surface area (Å²) in [6, 6.07) is 4.06. The van der Waals surface area contributed by atoms with Crippen molar-refractivity contribution in [3.8, 4) is 5.75 Å². The SMILES string of the molecule is Cc1ccc2c(c1O)SCC[C@H]2N. The molecule has 0 amide bonds. The summed E-state index contributed by atoms with van der Waals surface area (Å²) in [5, 5.41) is 9.78. The topological polar surface area (TPSA) is 46.2 Å². The number of phenols is 1. The second kappa shape index (κ2) is 3.24. The molecule has 1 aromatic carbocycles. The Balaban J connectivity index is 2.56. The molecule has 0 aliphatic carbocycles. The summed E-state index contributed by atoms with van der Waals surface area (Å²) in [6.45, 7) is 1.91. The van der Waals surface area contributed by atoms with Crippen LogP contribution in [-0.2, 0) is 0 Å². The molecule has 0 saturated carbocycles. The summed E-state index contributed by atoms with van der Waals surface area (Å²) in [5.74, 6) is 1.42. The van der Waals surface area contributed by atoms with Gasteiger partial charge in [-0.3, -0.25) is 0 Å². The normalized spacial score (nSPS) is 21.2. The smallest absolute Gasteiger partial charge is 0.132 e. The maximum Gasteiger partial charge on any atom is 0.132 e. The van der Waals surface area contributed by atoms with Crippen LogP contribution in [-0.4, -0.2) is 10.9 Å². The highest BCUT2D eigenvalue weighted by Crippen LogP contribution is 2.41. The highest BCUT2D eigenvalue weighted by Gasteiger charge is 2.20. The number of fused-ring (bicyclic) bond motifs is 1. The fourth-order valence-electron chi connectivity index (χ4n) is 1.57. The van der Waals surface area contributed by atoms with Crippen LogP contribution in [0.1, 0.15) is 23.6 Å². The zero-order chi connectivity index (χ0) is 9.42. The van der Waals surface area contributed by atoms with Gasteiger partial charge in [0, 0.05) is 6.04 Å².